The molecule has 0 bridgehead atoms. The van der Waals surface area contributed by atoms with Gasteiger partial charge in [0.25, 0.3) is 11.6 Å². The fraction of sp³-hybridized carbons (Fsp3) is 0.120. The summed E-state index contributed by atoms with van der Waals surface area (Å²) < 4.78 is 7.08. The van der Waals surface area contributed by atoms with Crippen molar-refractivity contribution in [1.29, 1.82) is 0 Å². The van der Waals surface area contributed by atoms with Gasteiger partial charge in [-0.05, 0) is 49.6 Å². The number of amides is 1. The average molecular weight is 475 g/mol. The van der Waals surface area contributed by atoms with Crippen molar-refractivity contribution in [2.75, 3.05) is 18.7 Å². The lowest BCUT2D eigenvalue weighted by Crippen LogP contribution is -2.16. The molecule has 0 radical (unpaired) electrons. The zero-order valence-electron chi connectivity index (χ0n) is 18.8. The van der Waals surface area contributed by atoms with Crippen LogP contribution in [0.1, 0.15) is 15.9 Å². The van der Waals surface area contributed by atoms with Crippen LogP contribution in [0, 0.1) is 17.0 Å². The molecule has 0 spiro atoms. The topological polar surface area (TPSA) is 99.3 Å². The summed E-state index contributed by atoms with van der Waals surface area (Å²) in [5.74, 6) is 0.415. The maximum absolute atomic E-state index is 13.2. The second kappa shape index (κ2) is 9.80. The van der Waals surface area contributed by atoms with Crippen molar-refractivity contribution in [3.8, 4) is 22.7 Å². The molecule has 0 fully saturated rings. The first-order valence-electron chi connectivity index (χ1n) is 10.4. The van der Waals surface area contributed by atoms with Crippen LogP contribution in [0.2, 0.25) is 0 Å². The minimum Gasteiger partial charge on any atom is -0.496 e. The quantitative estimate of drug-likeness (QED) is 0.208. The van der Waals surface area contributed by atoms with Crippen LogP contribution in [-0.2, 0) is 0 Å². The number of methoxy groups -OCH3 is 1. The van der Waals surface area contributed by atoms with E-state index in [9.17, 15) is 14.9 Å². The van der Waals surface area contributed by atoms with Gasteiger partial charge < -0.3 is 10.1 Å². The number of carbonyl (C=O) groups is 1. The lowest BCUT2D eigenvalue weighted by atomic mass is 10.1. The third kappa shape index (κ3) is 4.65. The number of nitro groups is 1. The first kappa shape index (κ1) is 23.1. The van der Waals surface area contributed by atoms with Crippen LogP contribution >= 0.6 is 11.8 Å². The first-order valence-corrected chi connectivity index (χ1v) is 11.6. The summed E-state index contributed by atoms with van der Waals surface area (Å²) >= 11 is 1.40. The van der Waals surface area contributed by atoms with E-state index in [0.717, 1.165) is 21.7 Å². The molecule has 172 valence electrons. The second-order valence-corrected chi connectivity index (χ2v) is 8.34. The number of thioether (sulfide) groups is 1. The third-order valence-electron chi connectivity index (χ3n) is 5.26. The first-order chi connectivity index (χ1) is 16.4. The standard InChI is InChI=1S/C25H22N4O4S/c1-16-8-10-17(11-9-16)28-24(15-21(27-28)19-6-4-5-7-23(19)33-2)26-25(30)20-14-18(34-3)12-13-22(20)29(31)32/h4-15H,1-3H3,(H,26,30). The van der Waals surface area contributed by atoms with Crippen molar-refractivity contribution in [3.63, 3.8) is 0 Å². The highest BCUT2D eigenvalue weighted by Crippen LogP contribution is 2.32. The maximum atomic E-state index is 13.2. The Morgan fingerprint density at radius 2 is 1.82 bits per heavy atom. The van der Waals surface area contributed by atoms with Gasteiger partial charge in [-0.25, -0.2) is 4.68 Å². The molecule has 1 aromatic heterocycles. The lowest BCUT2D eigenvalue weighted by Gasteiger charge is -2.10. The highest BCUT2D eigenvalue weighted by molar-refractivity contribution is 7.98. The molecular formula is C25H22N4O4S. The Morgan fingerprint density at radius 1 is 1.09 bits per heavy atom. The molecule has 0 saturated carbocycles. The number of nitrogens with zero attached hydrogens (tertiary/aromatic N) is 3. The number of benzene rings is 3. The summed E-state index contributed by atoms with van der Waals surface area (Å²) in [6, 6.07) is 21.3. The van der Waals surface area contributed by atoms with Crippen LogP contribution in [0.15, 0.2) is 77.7 Å². The van der Waals surface area contributed by atoms with Crippen LogP contribution in [0.3, 0.4) is 0 Å². The summed E-state index contributed by atoms with van der Waals surface area (Å²) in [5, 5.41) is 19.1. The van der Waals surface area contributed by atoms with Gasteiger partial charge in [-0.1, -0.05) is 29.8 Å². The van der Waals surface area contributed by atoms with Gasteiger partial charge in [0, 0.05) is 22.6 Å². The van der Waals surface area contributed by atoms with Crippen LogP contribution < -0.4 is 10.1 Å². The number of hydrogen-bond donors (Lipinski definition) is 1. The van der Waals surface area contributed by atoms with Gasteiger partial charge in [0.15, 0.2) is 0 Å². The Kier molecular flexibility index (Phi) is 6.65. The summed E-state index contributed by atoms with van der Waals surface area (Å²) in [6.45, 7) is 1.98. The molecule has 9 heteroatoms. The van der Waals surface area contributed by atoms with Crippen molar-refractivity contribution in [1.82, 2.24) is 9.78 Å². The Balaban J connectivity index is 1.81. The number of rotatable bonds is 7. The van der Waals surface area contributed by atoms with E-state index < -0.39 is 10.8 Å². The van der Waals surface area contributed by atoms with Crippen molar-refractivity contribution >= 4 is 29.2 Å². The number of aromatic nitrogens is 2. The van der Waals surface area contributed by atoms with Crippen LogP contribution in [0.5, 0.6) is 5.75 Å². The van der Waals surface area contributed by atoms with Gasteiger partial charge in [0.2, 0.25) is 0 Å². The van der Waals surface area contributed by atoms with Gasteiger partial charge in [0.1, 0.15) is 17.1 Å². The summed E-state index contributed by atoms with van der Waals surface area (Å²) in [5.41, 5.74) is 2.86. The number of hydrogen-bond acceptors (Lipinski definition) is 6. The highest BCUT2D eigenvalue weighted by Gasteiger charge is 2.23. The molecule has 0 atom stereocenters. The molecule has 1 amide bonds. The van der Waals surface area contributed by atoms with E-state index in [4.69, 9.17) is 9.84 Å². The minimum atomic E-state index is -0.595. The number of anilines is 1. The molecule has 0 saturated heterocycles. The molecule has 0 aliphatic rings. The molecule has 1 heterocycles. The molecule has 34 heavy (non-hydrogen) atoms. The molecule has 8 nitrogen and oxygen atoms in total. The van der Waals surface area contributed by atoms with Crippen LogP contribution in [-0.4, -0.2) is 34.0 Å². The van der Waals surface area contributed by atoms with Crippen LogP contribution in [0.4, 0.5) is 11.5 Å². The zero-order valence-corrected chi connectivity index (χ0v) is 19.6. The predicted molar refractivity (Wildman–Crippen MR) is 133 cm³/mol. The minimum absolute atomic E-state index is 0.0210. The van der Waals surface area contributed by atoms with Gasteiger partial charge in [-0.15, -0.1) is 11.8 Å². The third-order valence-corrected chi connectivity index (χ3v) is 5.98. The normalized spacial score (nSPS) is 10.7. The second-order valence-electron chi connectivity index (χ2n) is 7.46. The lowest BCUT2D eigenvalue weighted by molar-refractivity contribution is -0.385. The summed E-state index contributed by atoms with van der Waals surface area (Å²) in [6.07, 6.45) is 1.84. The average Bonchev–Trinajstić information content (AvgIpc) is 3.27. The number of carbonyl (C=O) groups excluding carboxylic acids is 1. The smallest absolute Gasteiger partial charge is 0.282 e. The van der Waals surface area contributed by atoms with Gasteiger partial charge in [-0.3, -0.25) is 14.9 Å². The molecular weight excluding hydrogens is 452 g/mol. The molecule has 0 aliphatic heterocycles. The van der Waals surface area contributed by atoms with E-state index in [1.165, 1.54) is 23.9 Å². The van der Waals surface area contributed by atoms with Gasteiger partial charge in [0.05, 0.1) is 23.4 Å². The van der Waals surface area contributed by atoms with Gasteiger partial charge in [-0.2, -0.15) is 5.10 Å². The van der Waals surface area contributed by atoms with E-state index in [0.29, 0.717) is 17.3 Å². The monoisotopic (exact) mass is 474 g/mol. The van der Waals surface area contributed by atoms with Crippen molar-refractivity contribution in [2.24, 2.45) is 0 Å². The molecule has 0 unspecified atom stereocenters. The Hall–Kier alpha value is -4.11. The predicted octanol–water partition coefficient (Wildman–Crippen LogP) is 5.74. The fourth-order valence-corrected chi connectivity index (χ4v) is 3.95. The summed E-state index contributed by atoms with van der Waals surface area (Å²) in [4.78, 5) is 25.0. The van der Waals surface area contributed by atoms with Crippen molar-refractivity contribution in [2.45, 2.75) is 11.8 Å². The molecule has 3 aromatic carbocycles. The Bertz CT molecular complexity index is 1370. The highest BCUT2D eigenvalue weighted by atomic mass is 32.2. The zero-order chi connectivity index (χ0) is 24.2. The summed E-state index contributed by atoms with van der Waals surface area (Å²) in [7, 11) is 1.58. The van der Waals surface area contributed by atoms with Crippen molar-refractivity contribution < 1.29 is 14.5 Å². The number of para-hydroxylation sites is 1. The number of nitro benzene ring substituents is 1. The largest absolute Gasteiger partial charge is 0.496 e. The maximum Gasteiger partial charge on any atom is 0.282 e. The van der Waals surface area contributed by atoms with E-state index in [1.54, 1.807) is 23.9 Å². The SMILES string of the molecule is COc1ccccc1-c1cc(NC(=O)c2cc(SC)ccc2[N+](=O)[O-])n(-c2ccc(C)cc2)n1. The molecule has 4 aromatic rings. The van der Waals surface area contributed by atoms with E-state index in [-0.39, 0.29) is 11.3 Å². The molecule has 1 N–H and O–H groups in total. The molecule has 4 rings (SSSR count). The van der Waals surface area contributed by atoms with E-state index >= 15 is 0 Å². The Morgan fingerprint density at radius 3 is 2.50 bits per heavy atom. The van der Waals surface area contributed by atoms with Crippen LogP contribution in [0.25, 0.3) is 16.9 Å². The van der Waals surface area contributed by atoms with E-state index in [1.807, 2.05) is 61.7 Å². The Labute approximate surface area is 200 Å². The molecule has 0 aliphatic carbocycles. The van der Waals surface area contributed by atoms with Gasteiger partial charge >= 0.3 is 0 Å². The van der Waals surface area contributed by atoms with Crippen molar-refractivity contribution in [3.05, 3.63) is 94.0 Å². The number of ether oxygens (including phenoxy) is 1. The van der Waals surface area contributed by atoms with E-state index in [2.05, 4.69) is 5.32 Å². The number of aryl methyl sites for hydroxylation is 1. The number of nitrogens with one attached hydrogen (secondary N) is 1. The fourth-order valence-electron chi connectivity index (χ4n) is 3.51.